The summed E-state index contributed by atoms with van der Waals surface area (Å²) in [6.45, 7) is 1.87. The molecule has 6 N–H and O–H groups in total. The number of primary amides is 1. The predicted molar refractivity (Wildman–Crippen MR) is 112 cm³/mol. The zero-order chi connectivity index (χ0) is 19.7. The van der Waals surface area contributed by atoms with Gasteiger partial charge >= 0.3 is 0 Å². The summed E-state index contributed by atoms with van der Waals surface area (Å²) in [5.74, 6) is -0.300. The number of anilines is 2. The Morgan fingerprint density at radius 1 is 1.41 bits per heavy atom. The van der Waals surface area contributed by atoms with Crippen LogP contribution in [0.2, 0.25) is 0 Å². The molecule has 0 fully saturated rings. The van der Waals surface area contributed by atoms with Crippen LogP contribution in [0, 0.1) is 0 Å². The van der Waals surface area contributed by atoms with Gasteiger partial charge in [0, 0.05) is 0 Å². The molecule has 0 aromatic carbocycles. The van der Waals surface area contributed by atoms with Crippen LogP contribution in [-0.2, 0) is 0 Å². The molecule has 7 nitrogen and oxygen atoms in total. The van der Waals surface area contributed by atoms with Crippen molar-refractivity contribution in [1.29, 1.82) is 0 Å². The first-order chi connectivity index (χ1) is 12.8. The van der Waals surface area contributed by atoms with Gasteiger partial charge < -0.3 is 21.9 Å². The number of alkyl halides is 2. The number of hydrogen-bond acceptors (Lipinski definition) is 7. The molecule has 144 valence electrons. The van der Waals surface area contributed by atoms with E-state index in [1.807, 2.05) is 13.0 Å². The summed E-state index contributed by atoms with van der Waals surface area (Å²) in [6.07, 6.45) is 6.06. The third kappa shape index (κ3) is 3.89. The number of nitrogens with zero attached hydrogens (tertiary/aromatic N) is 2. The number of nitrogen functional groups attached to an aromatic ring is 1. The van der Waals surface area contributed by atoms with Gasteiger partial charge in [-0.05, 0) is 12.0 Å². The van der Waals surface area contributed by atoms with Gasteiger partial charge in [0.05, 0.1) is 40.2 Å². The normalized spacial score (nSPS) is 20.5. The number of halogens is 2. The molecule has 0 radical (unpaired) electrons. The van der Waals surface area contributed by atoms with Gasteiger partial charge in [0.1, 0.15) is 9.71 Å². The van der Waals surface area contributed by atoms with Gasteiger partial charge in [-0.2, -0.15) is 0 Å². The van der Waals surface area contributed by atoms with Crippen LogP contribution in [0.3, 0.4) is 0 Å². The van der Waals surface area contributed by atoms with E-state index < -0.39 is 11.3 Å². The number of nitrogens with two attached hydrogens (primary N) is 2. The Labute approximate surface area is 170 Å². The topological polar surface area (TPSA) is 127 Å². The molecule has 3 atom stereocenters. The Balaban J connectivity index is 2.20. The lowest BCUT2D eigenvalue weighted by atomic mass is 10.0. The smallest absolute Gasteiger partial charge is 0.260 e. The minimum atomic E-state index is -0.623. The van der Waals surface area contributed by atoms with E-state index in [2.05, 4.69) is 15.3 Å². The maximum atomic E-state index is 11.7. The summed E-state index contributed by atoms with van der Waals surface area (Å²) in [6, 6.07) is -0.202. The number of hydrogen-bond donors (Lipinski definition) is 4. The first kappa shape index (κ1) is 19.9. The van der Waals surface area contributed by atoms with Crippen molar-refractivity contribution in [3.05, 3.63) is 28.8 Å². The standard InChI is InChI=1S/C17H19Cl2N5O2S/c1-2-8(6-25)22-17-23-13(7-3-4-9(18)10(19)5-7)11-12(20)14(15(21)26)27-16(11)24-17/h3-5,8-10,25H,2,6,20H2,1H3,(H2,21,26)(H,22,23,24)/t8-,9?,10?/m0/s1. The lowest BCUT2D eigenvalue weighted by Gasteiger charge is -2.18. The predicted octanol–water partition coefficient (Wildman–Crippen LogP) is 2.72. The van der Waals surface area contributed by atoms with Gasteiger partial charge in [0.15, 0.2) is 0 Å². The molecule has 2 aromatic heterocycles. The van der Waals surface area contributed by atoms with E-state index in [1.165, 1.54) is 0 Å². The van der Waals surface area contributed by atoms with Gasteiger partial charge in [-0.25, -0.2) is 9.97 Å². The Morgan fingerprint density at radius 2 is 2.15 bits per heavy atom. The summed E-state index contributed by atoms with van der Waals surface area (Å²) >= 11 is 13.5. The minimum Gasteiger partial charge on any atom is -0.397 e. The van der Waals surface area contributed by atoms with Crippen LogP contribution in [0.5, 0.6) is 0 Å². The Hall–Kier alpha value is -1.87. The number of fused-ring (bicyclic) bond motifs is 1. The molecule has 1 aliphatic carbocycles. The van der Waals surface area contributed by atoms with Crippen molar-refractivity contribution in [2.75, 3.05) is 17.7 Å². The molecule has 2 aromatic rings. The lowest BCUT2D eigenvalue weighted by molar-refractivity contribution is 0.100. The third-order valence-electron chi connectivity index (χ3n) is 4.23. The number of thiophene rings is 1. The lowest BCUT2D eigenvalue weighted by Crippen LogP contribution is -2.24. The van der Waals surface area contributed by atoms with Gasteiger partial charge in [-0.1, -0.05) is 25.2 Å². The Morgan fingerprint density at radius 3 is 2.74 bits per heavy atom. The highest BCUT2D eigenvalue weighted by molar-refractivity contribution is 7.21. The van der Waals surface area contributed by atoms with Crippen molar-refractivity contribution in [2.45, 2.75) is 30.1 Å². The fraction of sp³-hybridized carbons (Fsp3) is 0.353. The van der Waals surface area contributed by atoms with Crippen molar-refractivity contribution >= 4 is 67.9 Å². The van der Waals surface area contributed by atoms with Crippen molar-refractivity contribution < 1.29 is 9.90 Å². The molecule has 2 heterocycles. The molecule has 27 heavy (non-hydrogen) atoms. The van der Waals surface area contributed by atoms with Crippen LogP contribution >= 0.6 is 34.5 Å². The fourth-order valence-corrected chi connectivity index (χ4v) is 4.03. The van der Waals surface area contributed by atoms with Gasteiger partial charge in [-0.3, -0.25) is 4.79 Å². The van der Waals surface area contributed by atoms with Gasteiger partial charge in [0.2, 0.25) is 5.95 Å². The summed E-state index contributed by atoms with van der Waals surface area (Å²) < 4.78 is 0. The van der Waals surface area contributed by atoms with E-state index in [0.717, 1.165) is 16.9 Å². The van der Waals surface area contributed by atoms with Crippen LogP contribution in [0.15, 0.2) is 18.2 Å². The largest absolute Gasteiger partial charge is 0.397 e. The second-order valence-electron chi connectivity index (χ2n) is 6.09. The summed E-state index contributed by atoms with van der Waals surface area (Å²) in [5.41, 5.74) is 13.1. The highest BCUT2D eigenvalue weighted by atomic mass is 35.5. The highest BCUT2D eigenvalue weighted by Gasteiger charge is 2.24. The monoisotopic (exact) mass is 427 g/mol. The maximum absolute atomic E-state index is 11.7. The number of nitrogens with one attached hydrogen (secondary N) is 1. The molecular formula is C17H19Cl2N5O2S. The second-order valence-corrected chi connectivity index (χ2v) is 8.09. The molecule has 0 saturated heterocycles. The molecule has 2 unspecified atom stereocenters. The molecule has 10 heteroatoms. The van der Waals surface area contributed by atoms with E-state index >= 15 is 0 Å². The van der Waals surface area contributed by atoms with Crippen LogP contribution in [0.25, 0.3) is 15.8 Å². The Kier molecular flexibility index (Phi) is 5.90. The quantitative estimate of drug-likeness (QED) is 0.524. The number of aliphatic hydroxyl groups is 1. The molecule has 3 rings (SSSR count). The molecular weight excluding hydrogens is 409 g/mol. The van der Waals surface area contributed by atoms with E-state index in [9.17, 15) is 9.90 Å². The second kappa shape index (κ2) is 8.02. The first-order valence-corrected chi connectivity index (χ1v) is 10.00. The number of rotatable bonds is 6. The van der Waals surface area contributed by atoms with Gasteiger partial charge in [-0.15, -0.1) is 34.5 Å². The van der Waals surface area contributed by atoms with E-state index in [0.29, 0.717) is 28.3 Å². The number of aliphatic hydroxyl groups excluding tert-OH is 1. The van der Waals surface area contributed by atoms with Crippen LogP contribution in [0.1, 0.15) is 28.7 Å². The van der Waals surface area contributed by atoms with E-state index in [1.54, 1.807) is 12.2 Å². The van der Waals surface area contributed by atoms with E-state index in [-0.39, 0.29) is 28.6 Å². The SMILES string of the molecule is CC[C@@H](CO)Nc1nc(C2=CC(Cl)C(Cl)C=C2)c2c(N)c(C(N)=O)sc2n1. The summed E-state index contributed by atoms with van der Waals surface area (Å²) in [5, 5.41) is 12.4. The van der Waals surface area contributed by atoms with Crippen LogP contribution in [0.4, 0.5) is 11.6 Å². The van der Waals surface area contributed by atoms with Crippen molar-refractivity contribution in [3.8, 4) is 0 Å². The minimum absolute atomic E-state index is 0.0629. The molecule has 0 aliphatic heterocycles. The van der Waals surface area contributed by atoms with Crippen molar-refractivity contribution in [3.63, 3.8) is 0 Å². The summed E-state index contributed by atoms with van der Waals surface area (Å²) in [7, 11) is 0. The van der Waals surface area contributed by atoms with E-state index in [4.69, 9.17) is 34.7 Å². The zero-order valence-electron chi connectivity index (χ0n) is 14.4. The fourth-order valence-electron chi connectivity index (χ4n) is 2.72. The number of carbonyl (C=O) groups excluding carboxylic acids is 1. The average molecular weight is 428 g/mol. The molecule has 0 bridgehead atoms. The average Bonchev–Trinajstić information content (AvgIpc) is 2.98. The molecule has 1 aliphatic rings. The summed E-state index contributed by atoms with van der Waals surface area (Å²) in [4.78, 5) is 21.5. The molecule has 1 amide bonds. The molecule has 0 spiro atoms. The van der Waals surface area contributed by atoms with Crippen LogP contribution in [-0.4, -0.2) is 44.4 Å². The maximum Gasteiger partial charge on any atom is 0.260 e. The highest BCUT2D eigenvalue weighted by Crippen LogP contribution is 2.39. The Bertz CT molecular complexity index is 939. The molecule has 0 saturated carbocycles. The van der Waals surface area contributed by atoms with Crippen LogP contribution < -0.4 is 16.8 Å². The number of aromatic nitrogens is 2. The van der Waals surface area contributed by atoms with Crippen molar-refractivity contribution in [2.24, 2.45) is 5.73 Å². The van der Waals surface area contributed by atoms with Gasteiger partial charge in [0.25, 0.3) is 5.91 Å². The number of allylic oxidation sites excluding steroid dienone is 4. The number of carbonyl (C=O) groups is 1. The van der Waals surface area contributed by atoms with Crippen molar-refractivity contribution in [1.82, 2.24) is 9.97 Å². The first-order valence-electron chi connectivity index (χ1n) is 8.31. The third-order valence-corrected chi connectivity index (χ3v) is 6.29. The zero-order valence-corrected chi connectivity index (χ0v) is 16.8. The number of amides is 1.